The number of hydrogen-bond acceptors (Lipinski definition) is 2. The summed E-state index contributed by atoms with van der Waals surface area (Å²) in [4.78, 5) is 0. The largest absolute Gasteiger partial charge is 0.214 e. The minimum absolute atomic E-state index is 0.0216. The van der Waals surface area contributed by atoms with Gasteiger partial charge in [-0.05, 0) is 36.8 Å². The summed E-state index contributed by atoms with van der Waals surface area (Å²) in [5.41, 5.74) is 2.45. The Hall–Kier alpha value is -1.65. The summed E-state index contributed by atoms with van der Waals surface area (Å²) in [6.07, 6.45) is 3.57. The Morgan fingerprint density at radius 2 is 1.52 bits per heavy atom. The quantitative estimate of drug-likeness (QED) is 0.808. The van der Waals surface area contributed by atoms with Crippen LogP contribution in [0, 0.1) is 0 Å². The highest BCUT2D eigenvalue weighted by Gasteiger charge is 2.44. The Balaban J connectivity index is 1.49. The first-order chi connectivity index (χ1) is 11.1. The summed E-state index contributed by atoms with van der Waals surface area (Å²) >= 11 is 0. The van der Waals surface area contributed by atoms with Gasteiger partial charge >= 0.3 is 0 Å². The van der Waals surface area contributed by atoms with Gasteiger partial charge in [0.1, 0.15) is 0 Å². The number of hydrogen-bond donors (Lipinski definition) is 1. The molecule has 3 rings (SSSR count). The van der Waals surface area contributed by atoms with E-state index < -0.39 is 10.0 Å². The summed E-state index contributed by atoms with van der Waals surface area (Å²) < 4.78 is 27.2. The van der Waals surface area contributed by atoms with Crippen LogP contribution in [0.15, 0.2) is 60.7 Å². The number of aryl methyl sites for hydroxylation is 1. The lowest BCUT2D eigenvalue weighted by Gasteiger charge is -2.16. The standard InChI is InChI=1S/C19H23NO2S/c21-23(22,15-7-10-17-8-3-1-4-9-17)20-16-19(13-14-19)18-11-5-2-6-12-18/h1-6,8-9,11-12,20H,7,10,13-16H2. The molecule has 1 fully saturated rings. The van der Waals surface area contributed by atoms with E-state index in [4.69, 9.17) is 0 Å². The van der Waals surface area contributed by atoms with Crippen LogP contribution in [0.1, 0.15) is 30.4 Å². The van der Waals surface area contributed by atoms with Crippen LogP contribution in [-0.2, 0) is 21.9 Å². The third-order valence-electron chi connectivity index (χ3n) is 4.59. The van der Waals surface area contributed by atoms with E-state index in [-0.39, 0.29) is 11.2 Å². The molecule has 1 aliphatic carbocycles. The van der Waals surface area contributed by atoms with Crippen molar-refractivity contribution in [3.8, 4) is 0 Å². The predicted octanol–water partition coefficient (Wildman–Crippen LogP) is 3.27. The van der Waals surface area contributed by atoms with Crippen LogP contribution < -0.4 is 4.72 Å². The molecule has 0 spiro atoms. The zero-order chi connectivity index (χ0) is 16.2. The summed E-state index contributed by atoms with van der Waals surface area (Å²) in [6.45, 7) is 0.519. The highest BCUT2D eigenvalue weighted by molar-refractivity contribution is 7.89. The van der Waals surface area contributed by atoms with Gasteiger partial charge in [-0.25, -0.2) is 13.1 Å². The van der Waals surface area contributed by atoms with E-state index in [0.717, 1.165) is 19.3 Å². The molecule has 0 atom stereocenters. The van der Waals surface area contributed by atoms with Gasteiger partial charge in [-0.1, -0.05) is 60.7 Å². The SMILES string of the molecule is O=S(=O)(CCCc1ccccc1)NCC1(c2ccccc2)CC1. The molecule has 0 radical (unpaired) electrons. The molecule has 3 nitrogen and oxygen atoms in total. The molecule has 122 valence electrons. The Labute approximate surface area is 138 Å². The van der Waals surface area contributed by atoms with Gasteiger partial charge in [0.25, 0.3) is 0 Å². The molecule has 1 aliphatic rings. The van der Waals surface area contributed by atoms with Gasteiger partial charge in [-0.2, -0.15) is 0 Å². The first kappa shape index (κ1) is 16.2. The molecule has 0 amide bonds. The average Bonchev–Trinajstić information content (AvgIpc) is 3.36. The summed E-state index contributed by atoms with van der Waals surface area (Å²) in [5.74, 6) is 0.187. The lowest BCUT2D eigenvalue weighted by atomic mass is 9.96. The van der Waals surface area contributed by atoms with Crippen LogP contribution in [-0.4, -0.2) is 20.7 Å². The van der Waals surface area contributed by atoms with E-state index in [2.05, 4.69) is 16.9 Å². The van der Waals surface area contributed by atoms with E-state index >= 15 is 0 Å². The summed E-state index contributed by atoms with van der Waals surface area (Å²) in [5, 5.41) is 0. The monoisotopic (exact) mass is 329 g/mol. The molecule has 0 unspecified atom stereocenters. The third kappa shape index (κ3) is 4.43. The highest BCUT2D eigenvalue weighted by atomic mass is 32.2. The normalized spacial score (nSPS) is 16.2. The molecule has 0 bridgehead atoms. The smallest absolute Gasteiger partial charge is 0.211 e. The molecule has 0 saturated heterocycles. The number of rotatable bonds is 8. The Morgan fingerprint density at radius 1 is 0.913 bits per heavy atom. The Bertz CT molecular complexity index is 722. The van der Waals surface area contributed by atoms with Gasteiger partial charge in [-0.15, -0.1) is 0 Å². The Kier molecular flexibility index (Phi) is 4.83. The maximum Gasteiger partial charge on any atom is 0.211 e. The van der Waals surface area contributed by atoms with Gasteiger partial charge in [0.15, 0.2) is 0 Å². The van der Waals surface area contributed by atoms with E-state index in [1.165, 1.54) is 11.1 Å². The second-order valence-corrected chi connectivity index (χ2v) is 8.30. The molecule has 2 aromatic rings. The maximum absolute atomic E-state index is 12.2. The zero-order valence-electron chi connectivity index (χ0n) is 13.2. The van der Waals surface area contributed by atoms with Gasteiger partial charge in [0, 0.05) is 12.0 Å². The Morgan fingerprint density at radius 3 is 2.13 bits per heavy atom. The first-order valence-electron chi connectivity index (χ1n) is 8.17. The first-order valence-corrected chi connectivity index (χ1v) is 9.82. The van der Waals surface area contributed by atoms with Crippen molar-refractivity contribution >= 4 is 10.0 Å². The molecule has 4 heteroatoms. The van der Waals surface area contributed by atoms with Crippen LogP contribution in [0.3, 0.4) is 0 Å². The second kappa shape index (κ2) is 6.85. The predicted molar refractivity (Wildman–Crippen MR) is 93.9 cm³/mol. The molecule has 0 aromatic heterocycles. The van der Waals surface area contributed by atoms with Crippen LogP contribution >= 0.6 is 0 Å². The maximum atomic E-state index is 12.2. The zero-order valence-corrected chi connectivity index (χ0v) is 14.1. The van der Waals surface area contributed by atoms with E-state index in [1.807, 2.05) is 48.5 Å². The average molecular weight is 329 g/mol. The van der Waals surface area contributed by atoms with Crippen LogP contribution in [0.5, 0.6) is 0 Å². The van der Waals surface area contributed by atoms with Crippen molar-refractivity contribution in [2.24, 2.45) is 0 Å². The van der Waals surface area contributed by atoms with Crippen molar-refractivity contribution in [2.45, 2.75) is 31.1 Å². The summed E-state index contributed by atoms with van der Waals surface area (Å²) in [7, 11) is -3.20. The van der Waals surface area contributed by atoms with Crippen LogP contribution in [0.4, 0.5) is 0 Å². The molecule has 1 saturated carbocycles. The molecule has 23 heavy (non-hydrogen) atoms. The van der Waals surface area contributed by atoms with Crippen molar-refractivity contribution in [2.75, 3.05) is 12.3 Å². The number of nitrogens with one attached hydrogen (secondary N) is 1. The molecular weight excluding hydrogens is 306 g/mol. The molecule has 0 heterocycles. The van der Waals surface area contributed by atoms with Crippen molar-refractivity contribution in [1.29, 1.82) is 0 Å². The number of sulfonamides is 1. The van der Waals surface area contributed by atoms with E-state index in [1.54, 1.807) is 0 Å². The van der Waals surface area contributed by atoms with Crippen molar-refractivity contribution in [1.82, 2.24) is 4.72 Å². The van der Waals surface area contributed by atoms with E-state index in [0.29, 0.717) is 13.0 Å². The molecule has 2 aromatic carbocycles. The van der Waals surface area contributed by atoms with Gasteiger partial charge in [-0.3, -0.25) is 0 Å². The highest BCUT2D eigenvalue weighted by Crippen LogP contribution is 2.47. The number of benzene rings is 2. The fourth-order valence-electron chi connectivity index (χ4n) is 2.94. The van der Waals surface area contributed by atoms with Crippen LogP contribution in [0.25, 0.3) is 0 Å². The topological polar surface area (TPSA) is 46.2 Å². The van der Waals surface area contributed by atoms with Gasteiger partial charge < -0.3 is 0 Å². The van der Waals surface area contributed by atoms with Crippen LogP contribution in [0.2, 0.25) is 0 Å². The minimum atomic E-state index is -3.20. The van der Waals surface area contributed by atoms with Crippen molar-refractivity contribution in [3.05, 3.63) is 71.8 Å². The summed E-state index contributed by atoms with van der Waals surface area (Å²) in [6, 6.07) is 20.2. The second-order valence-electron chi connectivity index (χ2n) is 6.38. The fraction of sp³-hybridized carbons (Fsp3) is 0.368. The lowest BCUT2D eigenvalue weighted by Crippen LogP contribution is -2.34. The van der Waals surface area contributed by atoms with E-state index in [9.17, 15) is 8.42 Å². The molecule has 1 N–H and O–H groups in total. The van der Waals surface area contributed by atoms with Crippen molar-refractivity contribution in [3.63, 3.8) is 0 Å². The fourth-order valence-corrected chi connectivity index (χ4v) is 4.11. The minimum Gasteiger partial charge on any atom is -0.214 e. The lowest BCUT2D eigenvalue weighted by molar-refractivity contribution is 0.564. The molecule has 0 aliphatic heterocycles. The third-order valence-corrected chi connectivity index (χ3v) is 6.00. The molecular formula is C19H23NO2S. The van der Waals surface area contributed by atoms with Gasteiger partial charge in [0.2, 0.25) is 10.0 Å². The van der Waals surface area contributed by atoms with Gasteiger partial charge in [0.05, 0.1) is 5.75 Å². The van der Waals surface area contributed by atoms with Crippen molar-refractivity contribution < 1.29 is 8.42 Å².